The van der Waals surface area contributed by atoms with Crippen molar-refractivity contribution in [3.63, 3.8) is 0 Å². The lowest BCUT2D eigenvalue weighted by Gasteiger charge is -2.18. The molecule has 2 aromatic carbocycles. The average molecular weight is 298 g/mol. The number of hydrogen-bond acceptors (Lipinski definition) is 3. The third-order valence-electron chi connectivity index (χ3n) is 4.00. The largest absolute Gasteiger partial charge is 0.380 e. The monoisotopic (exact) mass is 298 g/mol. The van der Waals surface area contributed by atoms with E-state index in [1.165, 1.54) is 47.8 Å². The Balaban J connectivity index is 1.62. The van der Waals surface area contributed by atoms with Gasteiger partial charge in [-0.2, -0.15) is 0 Å². The third kappa shape index (κ3) is 3.53. The molecule has 0 atom stereocenters. The van der Waals surface area contributed by atoms with Gasteiger partial charge in [0.05, 0.1) is 0 Å². The molecule has 1 fully saturated rings. The normalized spacial score (nSPS) is 14.4. The van der Waals surface area contributed by atoms with E-state index in [-0.39, 0.29) is 0 Å². The molecule has 1 saturated heterocycles. The van der Waals surface area contributed by atoms with E-state index in [9.17, 15) is 0 Å². The maximum absolute atomic E-state index is 3.54. The fourth-order valence-electron chi connectivity index (χ4n) is 2.79. The Morgan fingerprint density at radius 3 is 2.43 bits per heavy atom. The molecule has 0 amide bonds. The number of hydrogen-bond donors (Lipinski definition) is 1. The van der Waals surface area contributed by atoms with Gasteiger partial charge in [0.25, 0.3) is 0 Å². The van der Waals surface area contributed by atoms with Gasteiger partial charge in [-0.05, 0) is 48.9 Å². The summed E-state index contributed by atoms with van der Waals surface area (Å²) in [5.41, 5.74) is 3.91. The van der Waals surface area contributed by atoms with Crippen LogP contribution in [0.15, 0.2) is 53.4 Å². The van der Waals surface area contributed by atoms with Gasteiger partial charge in [-0.1, -0.05) is 24.3 Å². The van der Waals surface area contributed by atoms with Crippen LogP contribution in [0.5, 0.6) is 0 Å². The van der Waals surface area contributed by atoms with E-state index in [4.69, 9.17) is 0 Å². The zero-order valence-corrected chi connectivity index (χ0v) is 13.3. The highest BCUT2D eigenvalue weighted by atomic mass is 32.2. The molecular weight excluding hydrogens is 276 g/mol. The number of para-hydroxylation sites is 1. The minimum absolute atomic E-state index is 0.873. The van der Waals surface area contributed by atoms with Crippen LogP contribution in [-0.2, 0) is 6.54 Å². The van der Waals surface area contributed by atoms with Crippen molar-refractivity contribution in [2.75, 3.05) is 29.6 Å². The van der Waals surface area contributed by atoms with E-state index in [1.807, 2.05) is 0 Å². The second-order valence-corrected chi connectivity index (χ2v) is 6.26. The van der Waals surface area contributed by atoms with Gasteiger partial charge >= 0.3 is 0 Å². The van der Waals surface area contributed by atoms with Gasteiger partial charge in [0, 0.05) is 35.9 Å². The first-order valence-electron chi connectivity index (χ1n) is 7.57. The SMILES string of the molecule is CSc1ccccc1NCc1ccc(N2CCCC2)cc1. The van der Waals surface area contributed by atoms with Crippen LogP contribution >= 0.6 is 11.8 Å². The summed E-state index contributed by atoms with van der Waals surface area (Å²) in [4.78, 5) is 3.77. The summed E-state index contributed by atoms with van der Waals surface area (Å²) >= 11 is 1.78. The number of thioether (sulfide) groups is 1. The van der Waals surface area contributed by atoms with Crippen molar-refractivity contribution in [2.24, 2.45) is 0 Å². The number of benzene rings is 2. The van der Waals surface area contributed by atoms with Gasteiger partial charge in [-0.15, -0.1) is 11.8 Å². The molecule has 1 N–H and O–H groups in total. The lowest BCUT2D eigenvalue weighted by Crippen LogP contribution is -2.17. The second-order valence-electron chi connectivity index (χ2n) is 5.41. The van der Waals surface area contributed by atoms with Crippen molar-refractivity contribution < 1.29 is 0 Å². The van der Waals surface area contributed by atoms with Crippen molar-refractivity contribution in [2.45, 2.75) is 24.3 Å². The zero-order valence-electron chi connectivity index (χ0n) is 12.5. The van der Waals surface area contributed by atoms with Gasteiger partial charge < -0.3 is 10.2 Å². The van der Waals surface area contributed by atoms with Gasteiger partial charge in [0.2, 0.25) is 0 Å². The minimum atomic E-state index is 0.873. The van der Waals surface area contributed by atoms with Crippen LogP contribution in [0.2, 0.25) is 0 Å². The van der Waals surface area contributed by atoms with E-state index in [1.54, 1.807) is 11.8 Å². The van der Waals surface area contributed by atoms with Crippen molar-refractivity contribution in [3.05, 3.63) is 54.1 Å². The van der Waals surface area contributed by atoms with Crippen LogP contribution in [0, 0.1) is 0 Å². The van der Waals surface area contributed by atoms with Crippen LogP contribution in [-0.4, -0.2) is 19.3 Å². The number of anilines is 2. The molecular formula is C18H22N2S. The molecule has 1 heterocycles. The first-order valence-corrected chi connectivity index (χ1v) is 8.80. The summed E-state index contributed by atoms with van der Waals surface area (Å²) in [5.74, 6) is 0. The number of nitrogens with one attached hydrogen (secondary N) is 1. The highest BCUT2D eigenvalue weighted by Gasteiger charge is 2.11. The third-order valence-corrected chi connectivity index (χ3v) is 4.79. The van der Waals surface area contributed by atoms with E-state index < -0.39 is 0 Å². The Kier molecular flexibility index (Phi) is 4.71. The minimum Gasteiger partial charge on any atom is -0.380 e. The van der Waals surface area contributed by atoms with Gasteiger partial charge in [-0.3, -0.25) is 0 Å². The molecule has 21 heavy (non-hydrogen) atoms. The Morgan fingerprint density at radius 1 is 1.00 bits per heavy atom. The van der Waals surface area contributed by atoms with Crippen molar-refractivity contribution >= 4 is 23.1 Å². The summed E-state index contributed by atoms with van der Waals surface area (Å²) in [7, 11) is 0. The molecule has 0 unspecified atom stereocenters. The van der Waals surface area contributed by atoms with Gasteiger partial charge in [0.15, 0.2) is 0 Å². The molecule has 110 valence electrons. The number of nitrogens with zero attached hydrogens (tertiary/aromatic N) is 1. The fourth-order valence-corrected chi connectivity index (χ4v) is 3.36. The molecule has 0 saturated carbocycles. The molecule has 3 rings (SSSR count). The maximum Gasteiger partial charge on any atom is 0.0480 e. The quantitative estimate of drug-likeness (QED) is 0.811. The van der Waals surface area contributed by atoms with Crippen LogP contribution in [0.4, 0.5) is 11.4 Å². The Hall–Kier alpha value is -1.61. The predicted molar refractivity (Wildman–Crippen MR) is 93.4 cm³/mol. The van der Waals surface area contributed by atoms with E-state index >= 15 is 0 Å². The Labute approximate surface area is 131 Å². The molecule has 0 aromatic heterocycles. The topological polar surface area (TPSA) is 15.3 Å². The standard InChI is InChI=1S/C18H22N2S/c1-21-18-7-3-2-6-17(18)19-14-15-8-10-16(11-9-15)20-12-4-5-13-20/h2-3,6-11,19H,4-5,12-14H2,1H3. The van der Waals surface area contributed by atoms with Crippen LogP contribution in [0.25, 0.3) is 0 Å². The summed E-state index contributed by atoms with van der Waals surface area (Å²) < 4.78 is 0. The summed E-state index contributed by atoms with van der Waals surface area (Å²) in [5, 5.41) is 3.54. The second kappa shape index (κ2) is 6.90. The van der Waals surface area contributed by atoms with Crippen LogP contribution in [0.1, 0.15) is 18.4 Å². The Morgan fingerprint density at radius 2 is 1.71 bits per heavy atom. The molecule has 3 heteroatoms. The average Bonchev–Trinajstić information content (AvgIpc) is 3.08. The molecule has 1 aliphatic heterocycles. The molecule has 2 nitrogen and oxygen atoms in total. The van der Waals surface area contributed by atoms with E-state index in [0.717, 1.165) is 6.54 Å². The fraction of sp³-hybridized carbons (Fsp3) is 0.333. The Bertz CT molecular complexity index is 574. The molecule has 0 spiro atoms. The lowest BCUT2D eigenvalue weighted by molar-refractivity contribution is 0.949. The summed E-state index contributed by atoms with van der Waals surface area (Å²) in [6, 6.07) is 17.4. The highest BCUT2D eigenvalue weighted by Crippen LogP contribution is 2.25. The summed E-state index contributed by atoms with van der Waals surface area (Å²) in [6.07, 6.45) is 4.77. The van der Waals surface area contributed by atoms with Gasteiger partial charge in [0.1, 0.15) is 0 Å². The number of rotatable bonds is 5. The van der Waals surface area contributed by atoms with E-state index in [2.05, 4.69) is 65.0 Å². The van der Waals surface area contributed by atoms with Crippen molar-refractivity contribution in [3.8, 4) is 0 Å². The smallest absolute Gasteiger partial charge is 0.0480 e. The first-order chi connectivity index (χ1) is 10.4. The van der Waals surface area contributed by atoms with Crippen molar-refractivity contribution in [1.82, 2.24) is 0 Å². The lowest BCUT2D eigenvalue weighted by atomic mass is 10.2. The van der Waals surface area contributed by atoms with Crippen molar-refractivity contribution in [1.29, 1.82) is 0 Å². The molecule has 0 radical (unpaired) electrons. The molecule has 2 aromatic rings. The van der Waals surface area contributed by atoms with Crippen LogP contribution in [0.3, 0.4) is 0 Å². The maximum atomic E-state index is 3.54. The summed E-state index contributed by atoms with van der Waals surface area (Å²) in [6.45, 7) is 3.29. The first kappa shape index (κ1) is 14.3. The zero-order chi connectivity index (χ0) is 14.5. The van der Waals surface area contributed by atoms with Crippen LogP contribution < -0.4 is 10.2 Å². The highest BCUT2D eigenvalue weighted by molar-refractivity contribution is 7.98. The molecule has 0 bridgehead atoms. The predicted octanol–water partition coefficient (Wildman–Crippen LogP) is 4.62. The molecule has 0 aliphatic carbocycles. The van der Waals surface area contributed by atoms with E-state index in [0.29, 0.717) is 0 Å². The molecule has 1 aliphatic rings. The van der Waals surface area contributed by atoms with Gasteiger partial charge in [-0.25, -0.2) is 0 Å².